The van der Waals surface area contributed by atoms with Crippen molar-refractivity contribution in [2.24, 2.45) is 22.7 Å². The molecule has 0 radical (unpaired) electrons. The van der Waals surface area contributed by atoms with Gasteiger partial charge in [0, 0.05) is 10.8 Å². The molecule has 0 aromatic rings. The van der Waals surface area contributed by atoms with Crippen molar-refractivity contribution in [2.75, 3.05) is 0 Å². The Hall–Kier alpha value is -0.560. The Morgan fingerprint density at radius 3 is 2.38 bits per heavy atom. The lowest BCUT2D eigenvalue weighted by Gasteiger charge is -2.38. The van der Waals surface area contributed by atoms with E-state index in [1.165, 1.54) is 11.1 Å². The van der Waals surface area contributed by atoms with Gasteiger partial charge in [-0.2, -0.15) is 0 Å². The Morgan fingerprint density at radius 1 is 1.38 bits per heavy atom. The van der Waals surface area contributed by atoms with E-state index in [4.69, 9.17) is 0 Å². The highest BCUT2D eigenvalue weighted by molar-refractivity contribution is 5.52. The van der Waals surface area contributed by atoms with Crippen molar-refractivity contribution in [1.29, 1.82) is 0 Å². The van der Waals surface area contributed by atoms with Gasteiger partial charge in [-0.1, -0.05) is 30.7 Å². The summed E-state index contributed by atoms with van der Waals surface area (Å²) in [5.41, 5.74) is 2.73. The summed E-state index contributed by atoms with van der Waals surface area (Å²) in [6.45, 7) is 10.7. The zero-order chi connectivity index (χ0) is 9.59. The maximum atomic E-state index is 10.2. The monoisotopic (exact) mass is 176 g/mol. The average molecular weight is 176 g/mol. The quantitative estimate of drug-likeness (QED) is 0.561. The maximum Gasteiger partial charge on any atom is 0.0730 e. The minimum absolute atomic E-state index is 0.127. The minimum Gasteiger partial charge on any atom is -0.391 e. The summed E-state index contributed by atoms with van der Waals surface area (Å²) >= 11 is 0. The van der Waals surface area contributed by atoms with Crippen LogP contribution < -0.4 is 0 Å². The molecule has 0 aromatic heterocycles. The lowest BCUT2D eigenvalue weighted by atomic mass is 9.69. The number of hydrogen-bond acceptors (Lipinski definition) is 1. The van der Waals surface area contributed by atoms with Crippen LogP contribution in [0.2, 0.25) is 0 Å². The molecule has 4 rings (SSSR count). The van der Waals surface area contributed by atoms with E-state index in [9.17, 15) is 5.11 Å². The van der Waals surface area contributed by atoms with E-state index in [0.29, 0.717) is 11.8 Å². The molecule has 1 nitrogen and oxygen atoms in total. The lowest BCUT2D eigenvalue weighted by molar-refractivity contribution is 0.0368. The minimum atomic E-state index is -0.203. The Morgan fingerprint density at radius 2 is 2.00 bits per heavy atom. The molecule has 4 aliphatic rings. The normalized spacial score (nSPS) is 62.3. The number of hydrogen-bond donors (Lipinski definition) is 1. The predicted molar refractivity (Wildman–Crippen MR) is 52.1 cm³/mol. The summed E-state index contributed by atoms with van der Waals surface area (Å²) < 4.78 is 0. The molecule has 5 atom stereocenters. The molecule has 70 valence electrons. The first-order chi connectivity index (χ1) is 5.94. The molecule has 2 saturated carbocycles. The highest BCUT2D eigenvalue weighted by Crippen LogP contribution is 2.80. The Balaban J connectivity index is 2.27. The summed E-state index contributed by atoms with van der Waals surface area (Å²) in [4.78, 5) is 0. The average Bonchev–Trinajstić information content (AvgIpc) is 2.65. The van der Waals surface area contributed by atoms with Gasteiger partial charge in [-0.3, -0.25) is 0 Å². The van der Waals surface area contributed by atoms with E-state index >= 15 is 0 Å². The molecule has 4 aliphatic carbocycles. The highest BCUT2D eigenvalue weighted by Gasteiger charge is 2.78. The summed E-state index contributed by atoms with van der Waals surface area (Å²) in [7, 11) is 0. The van der Waals surface area contributed by atoms with Crippen LogP contribution in [0.5, 0.6) is 0 Å². The van der Waals surface area contributed by atoms with Crippen molar-refractivity contribution in [1.82, 2.24) is 0 Å². The van der Waals surface area contributed by atoms with Crippen molar-refractivity contribution < 1.29 is 5.11 Å². The molecule has 0 heterocycles. The van der Waals surface area contributed by atoms with Crippen LogP contribution >= 0.6 is 0 Å². The lowest BCUT2D eigenvalue weighted by Crippen LogP contribution is -2.38. The Kier molecular flexibility index (Phi) is 0.995. The van der Waals surface area contributed by atoms with Gasteiger partial charge >= 0.3 is 0 Å². The van der Waals surface area contributed by atoms with Crippen LogP contribution in [0.4, 0.5) is 0 Å². The highest BCUT2D eigenvalue weighted by atomic mass is 16.3. The number of aliphatic hydroxyl groups is 1. The van der Waals surface area contributed by atoms with Crippen LogP contribution in [0.25, 0.3) is 0 Å². The Labute approximate surface area is 79.2 Å². The van der Waals surface area contributed by atoms with Gasteiger partial charge in [-0.25, -0.2) is 0 Å². The molecule has 13 heavy (non-hydrogen) atoms. The molecule has 0 spiro atoms. The van der Waals surface area contributed by atoms with Crippen molar-refractivity contribution in [3.63, 3.8) is 0 Å². The molecule has 0 aromatic carbocycles. The van der Waals surface area contributed by atoms with Crippen molar-refractivity contribution >= 4 is 0 Å². The first kappa shape index (κ1) is 7.81. The van der Waals surface area contributed by atoms with Gasteiger partial charge in [0.25, 0.3) is 0 Å². The summed E-state index contributed by atoms with van der Waals surface area (Å²) in [6.07, 6.45) is 2.03. The summed E-state index contributed by atoms with van der Waals surface area (Å²) in [6, 6.07) is 0. The van der Waals surface area contributed by atoms with E-state index in [1.807, 2.05) is 0 Å². The van der Waals surface area contributed by atoms with Gasteiger partial charge in [0.05, 0.1) is 6.10 Å². The molecular weight excluding hydrogens is 160 g/mol. The third-order valence-corrected chi connectivity index (χ3v) is 4.81. The van der Waals surface area contributed by atoms with E-state index in [-0.39, 0.29) is 16.9 Å². The van der Waals surface area contributed by atoms with Crippen molar-refractivity contribution in [3.8, 4) is 0 Å². The van der Waals surface area contributed by atoms with Crippen LogP contribution in [0.15, 0.2) is 23.8 Å². The van der Waals surface area contributed by atoms with Gasteiger partial charge in [0.1, 0.15) is 0 Å². The van der Waals surface area contributed by atoms with Crippen LogP contribution in [-0.2, 0) is 0 Å². The zero-order valence-corrected chi connectivity index (χ0v) is 8.46. The number of aliphatic hydroxyl groups excluding tert-OH is 1. The molecule has 4 bridgehead atoms. The standard InChI is InChI=1S/C12H16O/c1-6-5-11(3)7(2)9-8(6)12(9,4)10(11)13/h5,8-10,13H,2H2,1,3-4H3/t8-,9+,10-,11+,12-/m1/s1. The molecule has 0 aliphatic heterocycles. The van der Waals surface area contributed by atoms with E-state index in [0.717, 1.165) is 0 Å². The third-order valence-electron chi connectivity index (χ3n) is 4.81. The van der Waals surface area contributed by atoms with Crippen LogP contribution in [0.3, 0.4) is 0 Å². The summed E-state index contributed by atoms with van der Waals surface area (Å²) in [5.74, 6) is 1.16. The fraction of sp³-hybridized carbons (Fsp3) is 0.667. The first-order valence-corrected chi connectivity index (χ1v) is 5.00. The molecule has 0 saturated heterocycles. The van der Waals surface area contributed by atoms with Crippen LogP contribution in [0.1, 0.15) is 20.8 Å². The number of rotatable bonds is 0. The maximum absolute atomic E-state index is 10.2. The van der Waals surface area contributed by atoms with Gasteiger partial charge < -0.3 is 5.11 Å². The van der Waals surface area contributed by atoms with Gasteiger partial charge in [-0.15, -0.1) is 0 Å². The second kappa shape index (κ2) is 1.66. The first-order valence-electron chi connectivity index (χ1n) is 5.00. The fourth-order valence-corrected chi connectivity index (χ4v) is 4.09. The second-order valence-electron chi connectivity index (χ2n) is 5.42. The molecule has 0 amide bonds. The van der Waals surface area contributed by atoms with Crippen molar-refractivity contribution in [3.05, 3.63) is 23.8 Å². The zero-order valence-electron chi connectivity index (χ0n) is 8.46. The second-order valence-corrected chi connectivity index (χ2v) is 5.42. The molecule has 0 unspecified atom stereocenters. The van der Waals surface area contributed by atoms with Crippen molar-refractivity contribution in [2.45, 2.75) is 26.9 Å². The SMILES string of the molecule is C=C1[C@H]2[C@H]3C(C)=C[C@]1(C)[C@@H](O)[C@]32C. The van der Waals surface area contributed by atoms with E-state index in [2.05, 4.69) is 33.4 Å². The molecule has 1 heteroatoms. The topological polar surface area (TPSA) is 20.2 Å². The largest absolute Gasteiger partial charge is 0.391 e. The fourth-order valence-electron chi connectivity index (χ4n) is 4.09. The molecule has 1 N–H and O–H groups in total. The van der Waals surface area contributed by atoms with E-state index in [1.54, 1.807) is 0 Å². The van der Waals surface area contributed by atoms with Gasteiger partial charge in [0.15, 0.2) is 0 Å². The smallest absolute Gasteiger partial charge is 0.0730 e. The van der Waals surface area contributed by atoms with Gasteiger partial charge in [-0.05, 0) is 25.7 Å². The Bertz CT molecular complexity index is 354. The predicted octanol–water partition coefficient (Wildman–Crippen LogP) is 2.14. The number of allylic oxidation sites excluding steroid dienone is 1. The van der Waals surface area contributed by atoms with E-state index < -0.39 is 0 Å². The summed E-state index contributed by atoms with van der Waals surface area (Å²) in [5, 5.41) is 10.2. The third kappa shape index (κ3) is 0.516. The van der Waals surface area contributed by atoms with Crippen LogP contribution in [-0.4, -0.2) is 11.2 Å². The van der Waals surface area contributed by atoms with Gasteiger partial charge in [0.2, 0.25) is 0 Å². The van der Waals surface area contributed by atoms with Crippen LogP contribution in [0, 0.1) is 22.7 Å². The molecule has 2 fully saturated rings. The molecular formula is C12H16O.